The van der Waals surface area contributed by atoms with Crippen molar-refractivity contribution in [3.63, 3.8) is 0 Å². The zero-order valence-electron chi connectivity index (χ0n) is 8.95. The van der Waals surface area contributed by atoms with E-state index in [-0.39, 0.29) is 18.3 Å². The highest BCUT2D eigenvalue weighted by atomic mass is 16.1. The van der Waals surface area contributed by atoms with E-state index < -0.39 is 0 Å². The Morgan fingerprint density at radius 2 is 1.93 bits per heavy atom. The van der Waals surface area contributed by atoms with Gasteiger partial charge in [0.1, 0.15) is 0 Å². The molecule has 1 amide bonds. The fourth-order valence-corrected chi connectivity index (χ4v) is 1.27. The Labute approximate surface area is 89.0 Å². The molecule has 0 aliphatic heterocycles. The van der Waals surface area contributed by atoms with Crippen LogP contribution in [0.3, 0.4) is 0 Å². The number of guanidine groups is 1. The minimum absolute atomic E-state index is 0.191. The highest BCUT2D eigenvalue weighted by molar-refractivity contribution is 5.92. The Morgan fingerprint density at radius 3 is 2.47 bits per heavy atom. The Balaban J connectivity index is 2.78. The van der Waals surface area contributed by atoms with Crippen molar-refractivity contribution in [1.29, 1.82) is 0 Å². The summed E-state index contributed by atoms with van der Waals surface area (Å²) in [7, 11) is 0. The van der Waals surface area contributed by atoms with Crippen LogP contribution in [0.2, 0.25) is 0 Å². The Hall–Kier alpha value is -1.84. The fourth-order valence-electron chi connectivity index (χ4n) is 1.27. The Morgan fingerprint density at radius 1 is 1.27 bits per heavy atom. The first kappa shape index (κ1) is 11.2. The van der Waals surface area contributed by atoms with Crippen LogP contribution in [0.25, 0.3) is 0 Å². The van der Waals surface area contributed by atoms with Crippen LogP contribution in [0.15, 0.2) is 23.2 Å². The number of hydrogen-bond acceptors (Lipinski definition) is 1. The third kappa shape index (κ3) is 3.42. The standard InChI is InChI=1S/C11H15N3O/c1-7-3-4-9(5-8(7)2)6-10(15)14-11(12)13/h3-5H,6H2,1-2H3,(H4,12,13,14,15). The molecule has 0 atom stereocenters. The number of aliphatic imine (C=N–C) groups is 1. The summed E-state index contributed by atoms with van der Waals surface area (Å²) in [5.74, 6) is -0.512. The number of carbonyl (C=O) groups excluding carboxylic acids is 1. The summed E-state index contributed by atoms with van der Waals surface area (Å²) in [6.45, 7) is 4.03. The molecule has 0 radical (unpaired) electrons. The molecular formula is C11H15N3O. The molecule has 1 aromatic rings. The van der Waals surface area contributed by atoms with Crippen molar-refractivity contribution in [1.82, 2.24) is 0 Å². The van der Waals surface area contributed by atoms with Gasteiger partial charge in [-0.05, 0) is 30.5 Å². The highest BCUT2D eigenvalue weighted by Crippen LogP contribution is 2.10. The van der Waals surface area contributed by atoms with Gasteiger partial charge < -0.3 is 11.5 Å². The second-order valence-electron chi connectivity index (χ2n) is 3.53. The number of hydrogen-bond donors (Lipinski definition) is 2. The lowest BCUT2D eigenvalue weighted by Crippen LogP contribution is -2.24. The van der Waals surface area contributed by atoms with Gasteiger partial charge in [0.25, 0.3) is 5.91 Å². The van der Waals surface area contributed by atoms with Crippen molar-refractivity contribution in [2.75, 3.05) is 0 Å². The Kier molecular flexibility index (Phi) is 3.44. The maximum atomic E-state index is 11.3. The van der Waals surface area contributed by atoms with Gasteiger partial charge in [0.05, 0.1) is 6.42 Å². The normalized spacial score (nSPS) is 9.73. The van der Waals surface area contributed by atoms with Gasteiger partial charge in [-0.1, -0.05) is 18.2 Å². The van der Waals surface area contributed by atoms with E-state index >= 15 is 0 Å². The van der Waals surface area contributed by atoms with E-state index in [1.807, 2.05) is 32.0 Å². The van der Waals surface area contributed by atoms with Gasteiger partial charge in [0.15, 0.2) is 5.96 Å². The van der Waals surface area contributed by atoms with E-state index in [4.69, 9.17) is 11.5 Å². The number of amides is 1. The molecule has 0 aliphatic rings. The summed E-state index contributed by atoms with van der Waals surface area (Å²) in [5.41, 5.74) is 13.5. The molecule has 1 rings (SSSR count). The lowest BCUT2D eigenvalue weighted by Gasteiger charge is -2.02. The van der Waals surface area contributed by atoms with Crippen LogP contribution in [0.5, 0.6) is 0 Å². The van der Waals surface area contributed by atoms with E-state index in [9.17, 15) is 4.79 Å². The molecule has 4 nitrogen and oxygen atoms in total. The quantitative estimate of drug-likeness (QED) is 0.549. The van der Waals surface area contributed by atoms with Crippen LogP contribution in [0, 0.1) is 13.8 Å². The van der Waals surface area contributed by atoms with Crippen LogP contribution in [-0.2, 0) is 11.2 Å². The maximum Gasteiger partial charge on any atom is 0.253 e. The number of nitrogens with zero attached hydrogens (tertiary/aromatic N) is 1. The van der Waals surface area contributed by atoms with Gasteiger partial charge >= 0.3 is 0 Å². The van der Waals surface area contributed by atoms with Crippen LogP contribution < -0.4 is 11.5 Å². The molecule has 4 N–H and O–H groups in total. The molecule has 0 spiro atoms. The average molecular weight is 205 g/mol. The molecule has 15 heavy (non-hydrogen) atoms. The van der Waals surface area contributed by atoms with E-state index in [1.165, 1.54) is 5.56 Å². The largest absolute Gasteiger partial charge is 0.370 e. The topological polar surface area (TPSA) is 81.5 Å². The summed E-state index contributed by atoms with van der Waals surface area (Å²) < 4.78 is 0. The predicted molar refractivity (Wildman–Crippen MR) is 60.4 cm³/mol. The predicted octanol–water partition coefficient (Wildman–Crippen LogP) is 0.646. The van der Waals surface area contributed by atoms with Gasteiger partial charge in [-0.25, -0.2) is 0 Å². The molecule has 80 valence electrons. The first-order chi connectivity index (χ1) is 6.99. The number of benzene rings is 1. The van der Waals surface area contributed by atoms with Gasteiger partial charge in [0.2, 0.25) is 0 Å². The second kappa shape index (κ2) is 4.59. The second-order valence-corrected chi connectivity index (χ2v) is 3.53. The molecule has 4 heteroatoms. The highest BCUT2D eigenvalue weighted by Gasteiger charge is 2.03. The smallest absolute Gasteiger partial charge is 0.253 e. The lowest BCUT2D eigenvalue weighted by atomic mass is 10.0. The zero-order valence-corrected chi connectivity index (χ0v) is 8.95. The van der Waals surface area contributed by atoms with Crippen molar-refractivity contribution in [3.8, 4) is 0 Å². The molecular weight excluding hydrogens is 190 g/mol. The van der Waals surface area contributed by atoms with E-state index in [2.05, 4.69) is 4.99 Å². The first-order valence-corrected chi connectivity index (χ1v) is 4.67. The average Bonchev–Trinajstić information content (AvgIpc) is 2.10. The van der Waals surface area contributed by atoms with Crippen LogP contribution >= 0.6 is 0 Å². The van der Waals surface area contributed by atoms with Crippen LogP contribution in [0.4, 0.5) is 0 Å². The van der Waals surface area contributed by atoms with E-state index in [0.717, 1.165) is 11.1 Å². The molecule has 0 bridgehead atoms. The SMILES string of the molecule is Cc1ccc(CC(=O)N=C(N)N)cc1C. The maximum absolute atomic E-state index is 11.3. The molecule has 0 heterocycles. The molecule has 0 aromatic heterocycles. The van der Waals surface area contributed by atoms with Gasteiger partial charge in [-0.2, -0.15) is 4.99 Å². The van der Waals surface area contributed by atoms with Crippen LogP contribution in [-0.4, -0.2) is 11.9 Å². The van der Waals surface area contributed by atoms with Gasteiger partial charge in [-0.3, -0.25) is 4.79 Å². The summed E-state index contributed by atoms with van der Waals surface area (Å²) in [4.78, 5) is 14.7. The lowest BCUT2D eigenvalue weighted by molar-refractivity contribution is -0.117. The van der Waals surface area contributed by atoms with Crippen molar-refractivity contribution in [2.45, 2.75) is 20.3 Å². The number of nitrogens with two attached hydrogens (primary N) is 2. The molecule has 0 saturated carbocycles. The monoisotopic (exact) mass is 205 g/mol. The summed E-state index contributed by atoms with van der Waals surface area (Å²) in [6.07, 6.45) is 0.235. The van der Waals surface area contributed by atoms with Crippen molar-refractivity contribution in [3.05, 3.63) is 34.9 Å². The molecule has 1 aromatic carbocycles. The molecule has 0 aliphatic carbocycles. The summed E-state index contributed by atoms with van der Waals surface area (Å²) in [5, 5.41) is 0. The summed E-state index contributed by atoms with van der Waals surface area (Å²) >= 11 is 0. The van der Waals surface area contributed by atoms with E-state index in [1.54, 1.807) is 0 Å². The van der Waals surface area contributed by atoms with E-state index in [0.29, 0.717) is 0 Å². The zero-order chi connectivity index (χ0) is 11.4. The van der Waals surface area contributed by atoms with Gasteiger partial charge in [0, 0.05) is 0 Å². The Bertz CT molecular complexity index is 406. The molecule has 0 saturated heterocycles. The number of rotatable bonds is 2. The van der Waals surface area contributed by atoms with Crippen molar-refractivity contribution in [2.24, 2.45) is 16.5 Å². The third-order valence-electron chi connectivity index (χ3n) is 2.18. The first-order valence-electron chi connectivity index (χ1n) is 4.67. The number of aryl methyl sites for hydroxylation is 2. The van der Waals surface area contributed by atoms with Crippen LogP contribution in [0.1, 0.15) is 16.7 Å². The molecule has 0 fully saturated rings. The molecule has 0 unspecified atom stereocenters. The minimum Gasteiger partial charge on any atom is -0.370 e. The number of carbonyl (C=O) groups is 1. The van der Waals surface area contributed by atoms with Crippen molar-refractivity contribution < 1.29 is 4.79 Å². The van der Waals surface area contributed by atoms with Gasteiger partial charge in [-0.15, -0.1) is 0 Å². The fraction of sp³-hybridized carbons (Fsp3) is 0.273. The minimum atomic E-state index is -0.321. The third-order valence-corrected chi connectivity index (χ3v) is 2.18. The summed E-state index contributed by atoms with van der Waals surface area (Å²) in [6, 6.07) is 5.85. The van der Waals surface area contributed by atoms with Crippen molar-refractivity contribution >= 4 is 11.9 Å².